The zero-order valence-corrected chi connectivity index (χ0v) is 15.8. The smallest absolute Gasteiger partial charge is 0.185 e. The van der Waals surface area contributed by atoms with Crippen molar-refractivity contribution >= 4 is 28.2 Å². The predicted molar refractivity (Wildman–Crippen MR) is 96.9 cm³/mol. The monoisotopic (exact) mass is 327 g/mol. The summed E-state index contributed by atoms with van der Waals surface area (Å²) in [6.07, 6.45) is 0. The molecule has 1 aliphatic rings. The van der Waals surface area contributed by atoms with E-state index in [2.05, 4.69) is 63.5 Å². The molecule has 0 aliphatic carbocycles. The quantitative estimate of drug-likeness (QED) is 0.908. The van der Waals surface area contributed by atoms with Crippen LogP contribution in [0.2, 0.25) is 0 Å². The van der Waals surface area contributed by atoms with Gasteiger partial charge in [-0.25, -0.2) is 4.98 Å². The highest BCUT2D eigenvalue weighted by Crippen LogP contribution is 2.35. The number of rotatable bonds is 4. The third kappa shape index (κ3) is 4.60. The Morgan fingerprint density at radius 2 is 2.10 bits per heavy atom. The molecule has 3 nitrogen and oxygen atoms in total. The van der Waals surface area contributed by atoms with Crippen LogP contribution in [0.15, 0.2) is 0 Å². The van der Waals surface area contributed by atoms with Gasteiger partial charge in [0.2, 0.25) is 0 Å². The minimum absolute atomic E-state index is 0.110. The van der Waals surface area contributed by atoms with Gasteiger partial charge in [-0.2, -0.15) is 11.8 Å². The Morgan fingerprint density at radius 3 is 2.67 bits per heavy atom. The minimum atomic E-state index is 0.110. The lowest BCUT2D eigenvalue weighted by molar-refractivity contribution is 0.545. The average molecular weight is 328 g/mol. The molecule has 2 heterocycles. The van der Waals surface area contributed by atoms with Crippen LogP contribution in [0.4, 0.5) is 5.13 Å². The maximum atomic E-state index is 5.01. The fourth-order valence-corrected chi connectivity index (χ4v) is 4.74. The molecule has 1 N–H and O–H groups in total. The number of aromatic nitrogens is 1. The van der Waals surface area contributed by atoms with E-state index in [4.69, 9.17) is 4.98 Å². The number of anilines is 1. The maximum Gasteiger partial charge on any atom is 0.185 e. The summed E-state index contributed by atoms with van der Waals surface area (Å²) in [5.41, 5.74) is 1.38. The molecular weight excluding hydrogens is 298 g/mol. The van der Waals surface area contributed by atoms with E-state index in [0.717, 1.165) is 19.6 Å². The van der Waals surface area contributed by atoms with Crippen LogP contribution in [0.3, 0.4) is 0 Å². The van der Waals surface area contributed by atoms with Crippen molar-refractivity contribution in [1.29, 1.82) is 0 Å². The molecule has 1 saturated heterocycles. The Kier molecular flexibility index (Phi) is 5.60. The highest BCUT2D eigenvalue weighted by Gasteiger charge is 2.26. The Morgan fingerprint density at radius 1 is 1.38 bits per heavy atom. The van der Waals surface area contributed by atoms with Crippen LogP contribution in [0, 0.1) is 0 Å². The van der Waals surface area contributed by atoms with Crippen molar-refractivity contribution in [1.82, 2.24) is 10.3 Å². The van der Waals surface area contributed by atoms with Gasteiger partial charge in [-0.1, -0.05) is 41.5 Å². The molecular formula is C16H29N3S2. The highest BCUT2D eigenvalue weighted by molar-refractivity contribution is 8.00. The lowest BCUT2D eigenvalue weighted by Gasteiger charge is -2.30. The van der Waals surface area contributed by atoms with Gasteiger partial charge in [0, 0.05) is 47.0 Å². The van der Waals surface area contributed by atoms with Gasteiger partial charge in [0.25, 0.3) is 0 Å². The second kappa shape index (κ2) is 6.88. The largest absolute Gasteiger partial charge is 0.346 e. The molecule has 0 bridgehead atoms. The zero-order chi connectivity index (χ0) is 15.6. The first-order valence-electron chi connectivity index (χ1n) is 7.87. The average Bonchev–Trinajstić information content (AvgIpc) is 2.80. The fraction of sp³-hybridized carbons (Fsp3) is 0.812. The molecule has 120 valence electrons. The first kappa shape index (κ1) is 17.1. The zero-order valence-electron chi connectivity index (χ0n) is 14.2. The standard InChI is InChI=1S/C16H29N3S2/c1-11(2)17-9-13-14(16(4,5)6)18-15(21-13)19-7-8-20-12(3)10-19/h11-12,17H,7-10H2,1-6H3. The number of nitrogens with zero attached hydrogens (tertiary/aromatic N) is 2. The summed E-state index contributed by atoms with van der Waals surface area (Å²) in [4.78, 5) is 8.88. The number of thiazole rings is 1. The van der Waals surface area contributed by atoms with Crippen LogP contribution < -0.4 is 10.2 Å². The predicted octanol–water partition coefficient (Wildman–Crippen LogP) is 3.88. The molecule has 1 fully saturated rings. The van der Waals surface area contributed by atoms with Crippen LogP contribution in [-0.4, -0.2) is 35.1 Å². The van der Waals surface area contributed by atoms with Crippen molar-refractivity contribution in [3.63, 3.8) is 0 Å². The van der Waals surface area contributed by atoms with E-state index >= 15 is 0 Å². The number of hydrogen-bond acceptors (Lipinski definition) is 5. The van der Waals surface area contributed by atoms with Gasteiger partial charge < -0.3 is 10.2 Å². The van der Waals surface area contributed by atoms with Crippen LogP contribution in [0.1, 0.15) is 52.1 Å². The third-order valence-electron chi connectivity index (χ3n) is 3.58. The SMILES string of the molecule is CC(C)NCc1sc(N2CCSC(C)C2)nc1C(C)(C)C. The molecule has 21 heavy (non-hydrogen) atoms. The van der Waals surface area contributed by atoms with Crippen molar-refractivity contribution in [3.05, 3.63) is 10.6 Å². The van der Waals surface area contributed by atoms with E-state index in [-0.39, 0.29) is 5.41 Å². The second-order valence-electron chi connectivity index (χ2n) is 7.18. The molecule has 0 aromatic carbocycles. The summed E-state index contributed by atoms with van der Waals surface area (Å²) in [6, 6.07) is 0.509. The van der Waals surface area contributed by atoms with Crippen molar-refractivity contribution in [2.24, 2.45) is 0 Å². The summed E-state index contributed by atoms with van der Waals surface area (Å²) >= 11 is 3.95. The molecule has 1 aromatic heterocycles. The van der Waals surface area contributed by atoms with Gasteiger partial charge >= 0.3 is 0 Å². The molecule has 1 aromatic rings. The van der Waals surface area contributed by atoms with E-state index < -0.39 is 0 Å². The molecule has 2 rings (SSSR count). The molecule has 1 atom stereocenters. The Labute approximate surface area is 137 Å². The van der Waals surface area contributed by atoms with E-state index in [9.17, 15) is 0 Å². The van der Waals surface area contributed by atoms with E-state index in [1.54, 1.807) is 0 Å². The summed E-state index contributed by atoms with van der Waals surface area (Å²) < 4.78 is 0. The van der Waals surface area contributed by atoms with Gasteiger partial charge in [-0.3, -0.25) is 0 Å². The van der Waals surface area contributed by atoms with Gasteiger partial charge in [-0.05, 0) is 0 Å². The fourth-order valence-electron chi connectivity index (χ4n) is 2.47. The molecule has 0 spiro atoms. The Balaban J connectivity index is 2.22. The number of thioether (sulfide) groups is 1. The topological polar surface area (TPSA) is 28.2 Å². The summed E-state index contributed by atoms with van der Waals surface area (Å²) in [7, 11) is 0. The molecule has 1 aliphatic heterocycles. The maximum absolute atomic E-state index is 5.01. The van der Waals surface area contributed by atoms with Gasteiger partial charge in [0.15, 0.2) is 5.13 Å². The van der Waals surface area contributed by atoms with Crippen molar-refractivity contribution in [2.45, 2.75) is 64.8 Å². The van der Waals surface area contributed by atoms with Crippen molar-refractivity contribution in [3.8, 4) is 0 Å². The first-order valence-corrected chi connectivity index (χ1v) is 9.74. The molecule has 0 saturated carbocycles. The number of hydrogen-bond donors (Lipinski definition) is 1. The first-order chi connectivity index (χ1) is 9.77. The molecule has 0 amide bonds. The number of nitrogens with one attached hydrogen (secondary N) is 1. The van der Waals surface area contributed by atoms with E-state index in [1.807, 2.05) is 11.3 Å². The van der Waals surface area contributed by atoms with E-state index in [0.29, 0.717) is 11.3 Å². The van der Waals surface area contributed by atoms with Crippen LogP contribution in [-0.2, 0) is 12.0 Å². The molecule has 5 heteroatoms. The lowest BCUT2D eigenvalue weighted by Crippen LogP contribution is -2.36. The van der Waals surface area contributed by atoms with Crippen molar-refractivity contribution < 1.29 is 0 Å². The van der Waals surface area contributed by atoms with E-state index in [1.165, 1.54) is 21.5 Å². The van der Waals surface area contributed by atoms with Gasteiger partial charge in [0.1, 0.15) is 0 Å². The van der Waals surface area contributed by atoms with Crippen molar-refractivity contribution in [2.75, 3.05) is 23.7 Å². The van der Waals surface area contributed by atoms with Crippen LogP contribution in [0.25, 0.3) is 0 Å². The molecule has 0 radical (unpaired) electrons. The van der Waals surface area contributed by atoms with Crippen LogP contribution in [0.5, 0.6) is 0 Å². The summed E-state index contributed by atoms with van der Waals surface area (Å²) in [6.45, 7) is 16.7. The third-order valence-corrected chi connectivity index (χ3v) is 5.83. The lowest BCUT2D eigenvalue weighted by atomic mass is 9.91. The molecule has 1 unspecified atom stereocenters. The Hall–Kier alpha value is -0.260. The normalized spacial score (nSPS) is 20.3. The minimum Gasteiger partial charge on any atom is -0.346 e. The van der Waals surface area contributed by atoms with Crippen LogP contribution >= 0.6 is 23.1 Å². The van der Waals surface area contributed by atoms with Gasteiger partial charge in [-0.15, -0.1) is 11.3 Å². The van der Waals surface area contributed by atoms with Gasteiger partial charge in [0.05, 0.1) is 5.69 Å². The summed E-state index contributed by atoms with van der Waals surface area (Å²) in [5.74, 6) is 1.21. The highest BCUT2D eigenvalue weighted by atomic mass is 32.2. The summed E-state index contributed by atoms with van der Waals surface area (Å²) in [5, 5.41) is 5.47. The second-order valence-corrected chi connectivity index (χ2v) is 9.79. The Bertz CT molecular complexity index is 463.